The lowest BCUT2D eigenvalue weighted by Gasteiger charge is -2.23. The van der Waals surface area contributed by atoms with Crippen molar-refractivity contribution in [1.82, 2.24) is 15.3 Å². The summed E-state index contributed by atoms with van der Waals surface area (Å²) in [5, 5.41) is 13.7. The standard InChI is InChI=1S/C29H33Cl2N7O2S/c30-13-16-38(17-14-31)21-7-4-19(5-8-21)2-1-3-26(39)37-27-11-10-24(41-27)28-35-22-9-6-20(18-23(22)36-28)29(40)34-15-12-25(32)33/h4-11,18H,1-3,12-17H2,(H3,32,33)(H,34,40)(H,35,36)(H,37,39). The van der Waals surface area contributed by atoms with Gasteiger partial charge >= 0.3 is 0 Å². The number of rotatable bonds is 15. The number of thiophene rings is 1. The van der Waals surface area contributed by atoms with Crippen LogP contribution in [0.5, 0.6) is 0 Å². The quantitative estimate of drug-likeness (QED) is 0.0675. The number of alkyl halides is 2. The van der Waals surface area contributed by atoms with Gasteiger partial charge in [-0.05, 0) is 60.9 Å². The fourth-order valence-electron chi connectivity index (χ4n) is 4.31. The highest BCUT2D eigenvalue weighted by Gasteiger charge is 2.13. The summed E-state index contributed by atoms with van der Waals surface area (Å²) in [6.45, 7) is 1.80. The number of nitrogens with one attached hydrogen (secondary N) is 4. The van der Waals surface area contributed by atoms with Crippen molar-refractivity contribution in [1.29, 1.82) is 5.41 Å². The number of imidazole rings is 1. The third-order valence-electron chi connectivity index (χ3n) is 6.41. The zero-order valence-corrected chi connectivity index (χ0v) is 24.8. The average Bonchev–Trinajstić information content (AvgIpc) is 3.59. The number of nitrogens with two attached hydrogens (primary N) is 1. The number of hydrogen-bond donors (Lipinski definition) is 5. The molecule has 0 atom stereocenters. The smallest absolute Gasteiger partial charge is 0.251 e. The minimum absolute atomic E-state index is 0.0288. The van der Waals surface area contributed by atoms with Crippen molar-refractivity contribution in [2.45, 2.75) is 25.7 Å². The van der Waals surface area contributed by atoms with Crippen molar-refractivity contribution in [2.24, 2.45) is 5.73 Å². The summed E-state index contributed by atoms with van der Waals surface area (Å²) in [6.07, 6.45) is 2.27. The summed E-state index contributed by atoms with van der Waals surface area (Å²) in [7, 11) is 0. The molecule has 2 aromatic heterocycles. The van der Waals surface area contributed by atoms with Gasteiger partial charge in [0.2, 0.25) is 5.91 Å². The fourth-order valence-corrected chi connectivity index (χ4v) is 5.59. The Labute approximate surface area is 252 Å². The van der Waals surface area contributed by atoms with Gasteiger partial charge in [0.15, 0.2) is 0 Å². The highest BCUT2D eigenvalue weighted by Crippen LogP contribution is 2.31. The molecule has 0 spiro atoms. The zero-order valence-electron chi connectivity index (χ0n) is 22.5. The number of carbonyl (C=O) groups excluding carboxylic acids is 2. The van der Waals surface area contributed by atoms with E-state index in [4.69, 9.17) is 34.3 Å². The molecule has 0 bridgehead atoms. The van der Waals surface area contributed by atoms with Crippen molar-refractivity contribution < 1.29 is 9.59 Å². The molecule has 0 saturated carbocycles. The number of fused-ring (bicyclic) bond motifs is 1. The van der Waals surface area contributed by atoms with E-state index < -0.39 is 0 Å². The van der Waals surface area contributed by atoms with Gasteiger partial charge in [-0.25, -0.2) is 4.98 Å². The lowest BCUT2D eigenvalue weighted by atomic mass is 10.1. The van der Waals surface area contributed by atoms with E-state index in [1.165, 1.54) is 16.9 Å². The van der Waals surface area contributed by atoms with E-state index in [1.54, 1.807) is 18.2 Å². The minimum atomic E-state index is -0.237. The molecule has 2 heterocycles. The van der Waals surface area contributed by atoms with E-state index in [9.17, 15) is 9.59 Å². The largest absolute Gasteiger partial charge is 0.388 e. The molecule has 0 fully saturated rings. The Bertz CT molecular complexity index is 1480. The predicted octanol–water partition coefficient (Wildman–Crippen LogP) is 5.59. The van der Waals surface area contributed by atoms with Crippen LogP contribution in [0.2, 0.25) is 0 Å². The molecule has 6 N–H and O–H groups in total. The van der Waals surface area contributed by atoms with Crippen LogP contribution in [0.25, 0.3) is 21.7 Å². The second-order valence-electron chi connectivity index (χ2n) is 9.45. The van der Waals surface area contributed by atoms with Crippen LogP contribution in [0.15, 0.2) is 54.6 Å². The van der Waals surface area contributed by atoms with Crippen molar-refractivity contribution in [3.8, 4) is 10.7 Å². The number of amidine groups is 1. The molecule has 216 valence electrons. The Balaban J connectivity index is 1.28. The average molecular weight is 615 g/mol. The zero-order chi connectivity index (χ0) is 29.2. The molecule has 0 aliphatic rings. The summed E-state index contributed by atoms with van der Waals surface area (Å²) in [5.74, 6) is 1.52. The first kappa shape index (κ1) is 30.4. The number of nitrogens with zero attached hydrogens (tertiary/aromatic N) is 2. The van der Waals surface area contributed by atoms with Crippen LogP contribution in [0.4, 0.5) is 10.7 Å². The summed E-state index contributed by atoms with van der Waals surface area (Å²) in [6, 6.07) is 17.3. The van der Waals surface area contributed by atoms with E-state index in [2.05, 4.69) is 49.8 Å². The molecule has 12 heteroatoms. The highest BCUT2D eigenvalue weighted by molar-refractivity contribution is 7.19. The Morgan fingerprint density at radius 2 is 1.78 bits per heavy atom. The van der Waals surface area contributed by atoms with E-state index >= 15 is 0 Å². The molecular formula is C29H33Cl2N7O2S. The first-order valence-electron chi connectivity index (χ1n) is 13.3. The van der Waals surface area contributed by atoms with Crippen LogP contribution < -0.4 is 21.3 Å². The van der Waals surface area contributed by atoms with Crippen LogP contribution in [-0.4, -0.2) is 59.0 Å². The first-order valence-corrected chi connectivity index (χ1v) is 15.2. The lowest BCUT2D eigenvalue weighted by Crippen LogP contribution is -2.27. The van der Waals surface area contributed by atoms with E-state index in [-0.39, 0.29) is 17.6 Å². The van der Waals surface area contributed by atoms with Crippen LogP contribution in [0, 0.1) is 5.41 Å². The van der Waals surface area contributed by atoms with Gasteiger partial charge in [0.1, 0.15) is 5.82 Å². The van der Waals surface area contributed by atoms with Crippen LogP contribution in [0.1, 0.15) is 35.2 Å². The van der Waals surface area contributed by atoms with E-state index in [1.807, 2.05) is 12.1 Å². The van der Waals surface area contributed by atoms with Gasteiger partial charge in [-0.3, -0.25) is 15.0 Å². The third kappa shape index (κ3) is 8.69. The number of aromatic amines is 1. The van der Waals surface area contributed by atoms with Gasteiger partial charge in [0.25, 0.3) is 5.91 Å². The summed E-state index contributed by atoms with van der Waals surface area (Å²) < 4.78 is 0. The van der Waals surface area contributed by atoms with E-state index in [0.29, 0.717) is 42.5 Å². The molecule has 4 aromatic rings. The molecule has 0 radical (unpaired) electrons. The van der Waals surface area contributed by atoms with Gasteiger partial charge in [0.05, 0.1) is 26.7 Å². The topological polar surface area (TPSA) is 140 Å². The summed E-state index contributed by atoms with van der Waals surface area (Å²) >= 11 is 13.2. The van der Waals surface area contributed by atoms with Crippen LogP contribution in [-0.2, 0) is 11.2 Å². The number of hydrogen-bond acceptors (Lipinski definition) is 6. The van der Waals surface area contributed by atoms with Crippen molar-refractivity contribution in [3.63, 3.8) is 0 Å². The van der Waals surface area contributed by atoms with Crippen molar-refractivity contribution >= 4 is 73.9 Å². The van der Waals surface area contributed by atoms with Crippen molar-refractivity contribution in [2.75, 3.05) is 41.6 Å². The summed E-state index contributed by atoms with van der Waals surface area (Å²) in [5.41, 5.74) is 9.57. The number of aromatic nitrogens is 2. The first-order chi connectivity index (χ1) is 19.9. The number of benzene rings is 2. The Hall–Kier alpha value is -3.60. The maximum Gasteiger partial charge on any atom is 0.251 e. The molecule has 0 aliphatic carbocycles. The number of anilines is 2. The number of aryl methyl sites for hydroxylation is 1. The molecule has 41 heavy (non-hydrogen) atoms. The molecule has 0 aliphatic heterocycles. The third-order valence-corrected chi connectivity index (χ3v) is 7.75. The molecule has 0 saturated heterocycles. The van der Waals surface area contributed by atoms with Gasteiger partial charge < -0.3 is 26.3 Å². The minimum Gasteiger partial charge on any atom is -0.388 e. The monoisotopic (exact) mass is 613 g/mol. The Kier molecular flexibility index (Phi) is 11.0. The Morgan fingerprint density at radius 3 is 2.49 bits per heavy atom. The fraction of sp³-hybridized carbons (Fsp3) is 0.310. The van der Waals surface area contributed by atoms with Crippen LogP contribution >= 0.6 is 34.5 Å². The van der Waals surface area contributed by atoms with Gasteiger partial charge in [-0.2, -0.15) is 0 Å². The molecule has 2 amide bonds. The van der Waals surface area contributed by atoms with E-state index in [0.717, 1.165) is 52.5 Å². The number of carbonyl (C=O) groups is 2. The second kappa shape index (κ2) is 14.9. The predicted molar refractivity (Wildman–Crippen MR) is 170 cm³/mol. The second-order valence-corrected chi connectivity index (χ2v) is 11.3. The van der Waals surface area contributed by atoms with Gasteiger partial charge in [0, 0.05) is 55.5 Å². The normalized spacial score (nSPS) is 11.0. The van der Waals surface area contributed by atoms with Gasteiger partial charge in [-0.1, -0.05) is 12.1 Å². The maximum atomic E-state index is 12.6. The molecule has 0 unspecified atom stereocenters. The lowest BCUT2D eigenvalue weighted by molar-refractivity contribution is -0.116. The molecular weight excluding hydrogens is 581 g/mol. The maximum absolute atomic E-state index is 12.6. The number of halogens is 2. The Morgan fingerprint density at radius 1 is 1.02 bits per heavy atom. The number of amides is 2. The van der Waals surface area contributed by atoms with Gasteiger partial charge in [-0.15, -0.1) is 34.5 Å². The SMILES string of the molecule is N=C(N)CCNC(=O)c1ccc2nc(-c3ccc(NC(=O)CCCc4ccc(N(CCCl)CCCl)cc4)s3)[nH]c2c1. The van der Waals surface area contributed by atoms with Crippen molar-refractivity contribution in [3.05, 3.63) is 65.7 Å². The molecule has 2 aromatic carbocycles. The number of H-pyrrole nitrogens is 1. The van der Waals surface area contributed by atoms with Crippen LogP contribution in [0.3, 0.4) is 0 Å². The molecule has 9 nitrogen and oxygen atoms in total. The summed E-state index contributed by atoms with van der Waals surface area (Å²) in [4.78, 5) is 35.9. The highest BCUT2D eigenvalue weighted by atomic mass is 35.5. The molecule has 4 rings (SSSR count).